The van der Waals surface area contributed by atoms with Crippen LogP contribution in [0.25, 0.3) is 10.9 Å². The Morgan fingerprint density at radius 3 is 2.83 bits per heavy atom. The topological polar surface area (TPSA) is 17.8 Å². The standard InChI is InChI=1S/C8H6Cl2N2/c9-5-7-6-3-1-2-4-8(6)12(10)11-7/h1-4H,5H2. The first-order valence-electron chi connectivity index (χ1n) is 3.51. The maximum atomic E-state index is 5.80. The van der Waals surface area contributed by atoms with Gasteiger partial charge < -0.3 is 0 Å². The normalized spacial score (nSPS) is 10.8. The third kappa shape index (κ3) is 1.08. The Bertz CT molecular complexity index is 408. The first kappa shape index (κ1) is 7.90. The van der Waals surface area contributed by atoms with Crippen LogP contribution in [0.2, 0.25) is 0 Å². The molecule has 0 aliphatic heterocycles. The number of nitrogens with zero attached hydrogens (tertiary/aromatic N) is 2. The van der Waals surface area contributed by atoms with Gasteiger partial charge in [0.15, 0.2) is 0 Å². The first-order chi connectivity index (χ1) is 5.83. The molecule has 0 radical (unpaired) electrons. The molecule has 0 fully saturated rings. The highest BCUT2D eigenvalue weighted by atomic mass is 35.5. The van der Waals surface area contributed by atoms with E-state index in [0.717, 1.165) is 16.6 Å². The van der Waals surface area contributed by atoms with E-state index >= 15 is 0 Å². The van der Waals surface area contributed by atoms with Crippen LogP contribution in [0, 0.1) is 0 Å². The van der Waals surface area contributed by atoms with Gasteiger partial charge >= 0.3 is 0 Å². The van der Waals surface area contributed by atoms with E-state index in [1.165, 1.54) is 4.20 Å². The highest BCUT2D eigenvalue weighted by Crippen LogP contribution is 2.20. The van der Waals surface area contributed by atoms with Crippen molar-refractivity contribution in [3.63, 3.8) is 0 Å². The van der Waals surface area contributed by atoms with Crippen molar-refractivity contribution in [2.24, 2.45) is 0 Å². The average Bonchev–Trinajstić information content (AvgIpc) is 2.44. The number of alkyl halides is 1. The van der Waals surface area contributed by atoms with Gasteiger partial charge in [0.25, 0.3) is 0 Å². The summed E-state index contributed by atoms with van der Waals surface area (Å²) in [6, 6.07) is 7.72. The maximum absolute atomic E-state index is 5.80. The molecule has 2 aromatic rings. The summed E-state index contributed by atoms with van der Waals surface area (Å²) >= 11 is 11.5. The monoisotopic (exact) mass is 200 g/mol. The SMILES string of the molecule is ClCc1nn(Cl)c2ccccc12. The third-order valence-corrected chi connectivity index (χ3v) is 2.26. The number of benzene rings is 1. The van der Waals surface area contributed by atoms with Crippen molar-refractivity contribution < 1.29 is 0 Å². The smallest absolute Gasteiger partial charge is 0.0874 e. The fourth-order valence-electron chi connectivity index (χ4n) is 1.19. The number of rotatable bonds is 1. The first-order valence-corrected chi connectivity index (χ1v) is 4.39. The van der Waals surface area contributed by atoms with Crippen molar-refractivity contribution in [2.75, 3.05) is 0 Å². The Balaban J connectivity index is 2.82. The second-order valence-corrected chi connectivity index (χ2v) is 3.05. The van der Waals surface area contributed by atoms with Crippen LogP contribution in [-0.4, -0.2) is 9.30 Å². The Morgan fingerprint density at radius 2 is 2.08 bits per heavy atom. The summed E-state index contributed by atoms with van der Waals surface area (Å²) < 4.78 is 1.33. The number of halogens is 2. The van der Waals surface area contributed by atoms with E-state index in [-0.39, 0.29) is 0 Å². The molecule has 1 aromatic heterocycles. The molecule has 0 spiro atoms. The zero-order chi connectivity index (χ0) is 8.55. The predicted molar refractivity (Wildman–Crippen MR) is 50.5 cm³/mol. The van der Waals surface area contributed by atoms with Crippen LogP contribution < -0.4 is 0 Å². The minimum absolute atomic E-state index is 0.389. The second kappa shape index (κ2) is 2.96. The Hall–Kier alpha value is -0.730. The summed E-state index contributed by atoms with van der Waals surface area (Å²) in [5, 5.41) is 5.07. The van der Waals surface area contributed by atoms with Crippen molar-refractivity contribution in [1.29, 1.82) is 0 Å². The van der Waals surface area contributed by atoms with E-state index in [1.54, 1.807) is 0 Å². The van der Waals surface area contributed by atoms with Crippen molar-refractivity contribution in [1.82, 2.24) is 9.30 Å². The predicted octanol–water partition coefficient (Wildman–Crippen LogP) is 2.78. The zero-order valence-electron chi connectivity index (χ0n) is 6.17. The van der Waals surface area contributed by atoms with Crippen LogP contribution in [0.3, 0.4) is 0 Å². The van der Waals surface area contributed by atoms with Crippen molar-refractivity contribution >= 4 is 34.3 Å². The molecule has 0 bridgehead atoms. The number of hydrogen-bond donors (Lipinski definition) is 0. The largest absolute Gasteiger partial charge is 0.172 e. The average molecular weight is 201 g/mol. The van der Waals surface area contributed by atoms with E-state index < -0.39 is 0 Å². The van der Waals surface area contributed by atoms with Crippen LogP contribution >= 0.6 is 23.4 Å². The molecule has 0 aliphatic rings. The van der Waals surface area contributed by atoms with Crippen molar-refractivity contribution in [2.45, 2.75) is 5.88 Å². The molecule has 62 valence electrons. The molecule has 0 saturated heterocycles. The molecule has 0 saturated carbocycles. The van der Waals surface area contributed by atoms with Gasteiger partial charge in [0.1, 0.15) is 0 Å². The summed E-state index contributed by atoms with van der Waals surface area (Å²) in [6.07, 6.45) is 0. The molecular weight excluding hydrogens is 195 g/mol. The van der Waals surface area contributed by atoms with Crippen LogP contribution in [0.15, 0.2) is 24.3 Å². The van der Waals surface area contributed by atoms with Gasteiger partial charge in [-0.2, -0.15) is 9.30 Å². The molecule has 12 heavy (non-hydrogen) atoms. The van der Waals surface area contributed by atoms with Crippen LogP contribution in [-0.2, 0) is 5.88 Å². The number of aromatic nitrogens is 2. The van der Waals surface area contributed by atoms with E-state index in [0.29, 0.717) is 5.88 Å². The molecule has 2 rings (SSSR count). The lowest BCUT2D eigenvalue weighted by Crippen LogP contribution is -1.82. The zero-order valence-corrected chi connectivity index (χ0v) is 7.68. The highest BCUT2D eigenvalue weighted by molar-refractivity contribution is 6.20. The molecule has 1 aromatic carbocycles. The van der Waals surface area contributed by atoms with Gasteiger partial charge in [-0.1, -0.05) is 18.2 Å². The minimum atomic E-state index is 0.389. The number of fused-ring (bicyclic) bond motifs is 1. The van der Waals surface area contributed by atoms with Gasteiger partial charge in [0.05, 0.1) is 17.1 Å². The van der Waals surface area contributed by atoms with Gasteiger partial charge in [-0.05, 0) is 6.07 Å². The maximum Gasteiger partial charge on any atom is 0.0874 e. The van der Waals surface area contributed by atoms with E-state index in [2.05, 4.69) is 5.10 Å². The molecule has 0 amide bonds. The molecule has 0 atom stereocenters. The molecule has 0 unspecified atom stereocenters. The summed E-state index contributed by atoms with van der Waals surface area (Å²) in [5.74, 6) is 0.389. The Kier molecular flexibility index (Phi) is 1.95. The quantitative estimate of drug-likeness (QED) is 0.648. The molecule has 2 nitrogen and oxygen atoms in total. The van der Waals surface area contributed by atoms with Crippen molar-refractivity contribution in [3.05, 3.63) is 30.0 Å². The summed E-state index contributed by atoms with van der Waals surface area (Å²) in [6.45, 7) is 0. The molecular formula is C8H6Cl2N2. The van der Waals surface area contributed by atoms with Gasteiger partial charge in [0, 0.05) is 17.2 Å². The minimum Gasteiger partial charge on any atom is -0.172 e. The second-order valence-electron chi connectivity index (χ2n) is 2.46. The van der Waals surface area contributed by atoms with E-state index in [4.69, 9.17) is 23.4 Å². The Labute approximate surface area is 79.8 Å². The highest BCUT2D eigenvalue weighted by Gasteiger charge is 2.06. The van der Waals surface area contributed by atoms with Gasteiger partial charge in [0.2, 0.25) is 0 Å². The molecule has 0 aliphatic carbocycles. The Morgan fingerprint density at radius 1 is 1.33 bits per heavy atom. The third-order valence-electron chi connectivity index (χ3n) is 1.75. The van der Waals surface area contributed by atoms with Crippen LogP contribution in [0.5, 0.6) is 0 Å². The van der Waals surface area contributed by atoms with E-state index in [1.807, 2.05) is 24.3 Å². The summed E-state index contributed by atoms with van der Waals surface area (Å²) in [4.78, 5) is 0. The fourth-order valence-corrected chi connectivity index (χ4v) is 1.63. The summed E-state index contributed by atoms with van der Waals surface area (Å²) in [7, 11) is 0. The molecule has 1 heterocycles. The lowest BCUT2D eigenvalue weighted by molar-refractivity contribution is 0.980. The summed E-state index contributed by atoms with van der Waals surface area (Å²) in [5.41, 5.74) is 1.72. The van der Waals surface area contributed by atoms with Gasteiger partial charge in [-0.25, -0.2) is 0 Å². The fraction of sp³-hybridized carbons (Fsp3) is 0.125. The van der Waals surface area contributed by atoms with Crippen LogP contribution in [0.4, 0.5) is 0 Å². The number of para-hydroxylation sites is 1. The van der Waals surface area contributed by atoms with Crippen molar-refractivity contribution in [3.8, 4) is 0 Å². The van der Waals surface area contributed by atoms with Crippen LogP contribution in [0.1, 0.15) is 5.69 Å². The molecule has 0 N–H and O–H groups in total. The van der Waals surface area contributed by atoms with E-state index in [9.17, 15) is 0 Å². The van der Waals surface area contributed by atoms with Gasteiger partial charge in [-0.3, -0.25) is 0 Å². The lowest BCUT2D eigenvalue weighted by atomic mass is 10.2. The number of hydrogen-bond acceptors (Lipinski definition) is 1. The van der Waals surface area contributed by atoms with Gasteiger partial charge in [-0.15, -0.1) is 11.6 Å². The lowest BCUT2D eigenvalue weighted by Gasteiger charge is -1.88. The molecule has 4 heteroatoms.